The molecule has 1 aliphatic rings. The van der Waals surface area contributed by atoms with Gasteiger partial charge >= 0.3 is 0 Å². The van der Waals surface area contributed by atoms with Crippen LogP contribution in [-0.4, -0.2) is 65.8 Å². The Kier molecular flexibility index (Phi) is 6.27. The fourth-order valence-electron chi connectivity index (χ4n) is 2.57. The van der Waals surface area contributed by atoms with Gasteiger partial charge in [-0.15, -0.1) is 5.10 Å². The average Bonchev–Trinajstić information content (AvgIpc) is 3.20. The summed E-state index contributed by atoms with van der Waals surface area (Å²) in [7, 11) is 1.61. The molecule has 0 radical (unpaired) electrons. The van der Waals surface area contributed by atoms with E-state index in [1.807, 2.05) is 20.8 Å². The summed E-state index contributed by atoms with van der Waals surface area (Å²) >= 11 is 0. The van der Waals surface area contributed by atoms with E-state index in [1.54, 1.807) is 18.0 Å². The quantitative estimate of drug-likeness (QED) is 0.710. The number of nitrogens with zero attached hydrogens (tertiary/aromatic N) is 3. The van der Waals surface area contributed by atoms with Crippen molar-refractivity contribution >= 4 is 11.8 Å². The molecule has 3 atom stereocenters. The maximum absolute atomic E-state index is 12.4. The standard InChI is InChI=1S/C15H25N5O4/c1-5-16-15(22)13(9(2)3)17-14(21)10-6-20(19-18-10)11-7-24-8-12(11)23-4/h6,9,11-13H,5,7-8H2,1-4H3,(H,16,22)(H,17,21)/t11-,12-,13+/m1/s1. The van der Waals surface area contributed by atoms with Gasteiger partial charge in [0.1, 0.15) is 18.2 Å². The zero-order chi connectivity index (χ0) is 17.7. The van der Waals surface area contributed by atoms with Gasteiger partial charge in [-0.3, -0.25) is 9.59 Å². The Labute approximate surface area is 141 Å². The number of hydrogen-bond donors (Lipinski definition) is 2. The minimum Gasteiger partial charge on any atom is -0.377 e. The number of amides is 2. The van der Waals surface area contributed by atoms with Crippen LogP contribution in [0.3, 0.4) is 0 Å². The fourth-order valence-corrected chi connectivity index (χ4v) is 2.57. The molecule has 0 bridgehead atoms. The highest BCUT2D eigenvalue weighted by Crippen LogP contribution is 2.21. The smallest absolute Gasteiger partial charge is 0.274 e. The minimum atomic E-state index is -0.621. The van der Waals surface area contributed by atoms with Crippen LogP contribution in [0.25, 0.3) is 0 Å². The maximum Gasteiger partial charge on any atom is 0.274 e. The Morgan fingerprint density at radius 2 is 2.21 bits per heavy atom. The highest BCUT2D eigenvalue weighted by atomic mass is 16.5. The molecule has 1 fully saturated rings. The summed E-state index contributed by atoms with van der Waals surface area (Å²) in [5, 5.41) is 13.3. The molecule has 2 N–H and O–H groups in total. The number of rotatable bonds is 7. The topological polar surface area (TPSA) is 107 Å². The molecule has 0 aliphatic carbocycles. The highest BCUT2D eigenvalue weighted by Gasteiger charge is 2.32. The number of aromatic nitrogens is 3. The summed E-state index contributed by atoms with van der Waals surface area (Å²) in [6, 6.07) is -0.738. The summed E-state index contributed by atoms with van der Waals surface area (Å²) in [6.07, 6.45) is 1.43. The van der Waals surface area contributed by atoms with Crippen LogP contribution in [0.2, 0.25) is 0 Å². The first-order chi connectivity index (χ1) is 11.5. The molecular weight excluding hydrogens is 314 g/mol. The molecule has 0 unspecified atom stereocenters. The number of likely N-dealkylation sites (N-methyl/N-ethyl adjacent to an activating group) is 1. The van der Waals surface area contributed by atoms with Crippen molar-refractivity contribution in [2.45, 2.75) is 39.0 Å². The fraction of sp³-hybridized carbons (Fsp3) is 0.733. The monoisotopic (exact) mass is 339 g/mol. The molecule has 9 nitrogen and oxygen atoms in total. The van der Waals surface area contributed by atoms with Crippen molar-refractivity contribution in [1.82, 2.24) is 25.6 Å². The van der Waals surface area contributed by atoms with Crippen LogP contribution in [0.15, 0.2) is 6.20 Å². The summed E-state index contributed by atoms with van der Waals surface area (Å²) < 4.78 is 12.3. The number of nitrogens with one attached hydrogen (secondary N) is 2. The number of carbonyl (C=O) groups is 2. The van der Waals surface area contributed by atoms with Gasteiger partial charge < -0.3 is 20.1 Å². The van der Waals surface area contributed by atoms with E-state index >= 15 is 0 Å². The van der Waals surface area contributed by atoms with Crippen molar-refractivity contribution in [2.24, 2.45) is 5.92 Å². The van der Waals surface area contributed by atoms with E-state index in [-0.39, 0.29) is 29.7 Å². The SMILES string of the molecule is CCNC(=O)[C@@H](NC(=O)c1cn([C@@H]2COC[C@H]2OC)nn1)C(C)C. The molecule has 1 aliphatic heterocycles. The second-order valence-electron chi connectivity index (χ2n) is 6.05. The van der Waals surface area contributed by atoms with Gasteiger partial charge in [-0.05, 0) is 12.8 Å². The molecule has 0 saturated carbocycles. The largest absolute Gasteiger partial charge is 0.377 e. The summed E-state index contributed by atoms with van der Waals surface area (Å²) in [5.74, 6) is -0.687. The van der Waals surface area contributed by atoms with Crippen molar-refractivity contribution < 1.29 is 19.1 Å². The lowest BCUT2D eigenvalue weighted by Gasteiger charge is -2.20. The predicted molar refractivity (Wildman–Crippen MR) is 85.5 cm³/mol. The summed E-state index contributed by atoms with van der Waals surface area (Å²) in [5.41, 5.74) is 0.159. The molecule has 1 aromatic rings. The molecule has 0 spiro atoms. The van der Waals surface area contributed by atoms with E-state index in [0.29, 0.717) is 19.8 Å². The van der Waals surface area contributed by atoms with E-state index in [0.717, 1.165) is 0 Å². The van der Waals surface area contributed by atoms with Gasteiger partial charge in [0, 0.05) is 13.7 Å². The van der Waals surface area contributed by atoms with Gasteiger partial charge in [0.2, 0.25) is 5.91 Å². The third kappa shape index (κ3) is 4.09. The second kappa shape index (κ2) is 8.20. The molecular formula is C15H25N5O4. The van der Waals surface area contributed by atoms with E-state index in [9.17, 15) is 9.59 Å². The van der Waals surface area contributed by atoms with E-state index in [2.05, 4.69) is 20.9 Å². The normalized spacial score (nSPS) is 21.7. The summed E-state index contributed by atoms with van der Waals surface area (Å²) in [6.45, 7) is 7.02. The third-order valence-electron chi connectivity index (χ3n) is 3.97. The predicted octanol–water partition coefficient (Wildman–Crippen LogP) is -0.245. The van der Waals surface area contributed by atoms with Gasteiger partial charge in [0.25, 0.3) is 5.91 Å². The van der Waals surface area contributed by atoms with Gasteiger partial charge in [-0.25, -0.2) is 4.68 Å². The first-order valence-electron chi connectivity index (χ1n) is 8.08. The molecule has 2 amide bonds. The third-order valence-corrected chi connectivity index (χ3v) is 3.97. The first-order valence-corrected chi connectivity index (χ1v) is 8.08. The highest BCUT2D eigenvalue weighted by molar-refractivity contribution is 5.95. The number of hydrogen-bond acceptors (Lipinski definition) is 6. The van der Waals surface area contributed by atoms with Crippen LogP contribution in [0.1, 0.15) is 37.3 Å². The van der Waals surface area contributed by atoms with E-state index in [4.69, 9.17) is 9.47 Å². The van der Waals surface area contributed by atoms with Crippen LogP contribution in [0.5, 0.6) is 0 Å². The van der Waals surface area contributed by atoms with Crippen LogP contribution >= 0.6 is 0 Å². The molecule has 24 heavy (non-hydrogen) atoms. The van der Waals surface area contributed by atoms with Crippen LogP contribution in [0, 0.1) is 5.92 Å². The molecule has 2 rings (SSSR count). The molecule has 9 heteroatoms. The number of carbonyl (C=O) groups excluding carboxylic acids is 2. The Bertz CT molecular complexity index is 574. The van der Waals surface area contributed by atoms with Crippen molar-refractivity contribution in [3.8, 4) is 0 Å². The first kappa shape index (κ1) is 18.3. The zero-order valence-electron chi connectivity index (χ0n) is 14.5. The maximum atomic E-state index is 12.4. The molecule has 1 saturated heterocycles. The van der Waals surface area contributed by atoms with Gasteiger partial charge in [0.05, 0.1) is 19.4 Å². The second-order valence-corrected chi connectivity index (χ2v) is 6.05. The molecule has 2 heterocycles. The van der Waals surface area contributed by atoms with Crippen molar-refractivity contribution in [3.05, 3.63) is 11.9 Å². The zero-order valence-corrected chi connectivity index (χ0v) is 14.5. The number of methoxy groups -OCH3 is 1. The Balaban J connectivity index is 2.06. The lowest BCUT2D eigenvalue weighted by Crippen LogP contribution is -2.49. The Morgan fingerprint density at radius 3 is 2.83 bits per heavy atom. The number of ether oxygens (including phenoxy) is 2. The lowest BCUT2D eigenvalue weighted by atomic mass is 10.0. The van der Waals surface area contributed by atoms with Crippen LogP contribution in [0.4, 0.5) is 0 Å². The lowest BCUT2D eigenvalue weighted by molar-refractivity contribution is -0.123. The minimum absolute atomic E-state index is 0.0448. The molecule has 1 aromatic heterocycles. The molecule has 0 aromatic carbocycles. The van der Waals surface area contributed by atoms with Gasteiger partial charge in [0.15, 0.2) is 5.69 Å². The van der Waals surface area contributed by atoms with E-state index < -0.39 is 11.9 Å². The van der Waals surface area contributed by atoms with Crippen molar-refractivity contribution in [1.29, 1.82) is 0 Å². The van der Waals surface area contributed by atoms with Gasteiger partial charge in [-0.2, -0.15) is 0 Å². The van der Waals surface area contributed by atoms with Crippen molar-refractivity contribution in [2.75, 3.05) is 26.9 Å². The van der Waals surface area contributed by atoms with Crippen LogP contribution in [-0.2, 0) is 14.3 Å². The Morgan fingerprint density at radius 1 is 1.46 bits per heavy atom. The molecule has 134 valence electrons. The average molecular weight is 339 g/mol. The van der Waals surface area contributed by atoms with E-state index in [1.165, 1.54) is 0 Å². The summed E-state index contributed by atoms with van der Waals surface area (Å²) in [4.78, 5) is 24.4. The van der Waals surface area contributed by atoms with Crippen molar-refractivity contribution in [3.63, 3.8) is 0 Å². The van der Waals surface area contributed by atoms with Crippen LogP contribution < -0.4 is 10.6 Å². The van der Waals surface area contributed by atoms with Gasteiger partial charge in [-0.1, -0.05) is 19.1 Å². The Hall–Kier alpha value is -2.00.